The first kappa shape index (κ1) is 27.7. The van der Waals surface area contributed by atoms with E-state index in [0.29, 0.717) is 37.2 Å². The van der Waals surface area contributed by atoms with E-state index in [-0.39, 0.29) is 29.2 Å². The molecule has 2 aromatic carbocycles. The molecule has 0 bridgehead atoms. The number of carbonyl (C=O) groups excluding carboxylic acids is 3. The number of amides is 1. The van der Waals surface area contributed by atoms with Gasteiger partial charge in [-0.2, -0.15) is 0 Å². The first-order valence-corrected chi connectivity index (χ1v) is 14.1. The lowest BCUT2D eigenvalue weighted by Gasteiger charge is -2.38. The van der Waals surface area contributed by atoms with Crippen LogP contribution in [-0.2, 0) is 19.1 Å². The molecule has 1 amide bonds. The summed E-state index contributed by atoms with van der Waals surface area (Å²) in [4.78, 5) is 40.0. The van der Waals surface area contributed by atoms with Gasteiger partial charge in [-0.1, -0.05) is 37.1 Å². The van der Waals surface area contributed by atoms with E-state index in [1.54, 1.807) is 24.3 Å². The van der Waals surface area contributed by atoms with E-state index < -0.39 is 35.2 Å². The number of hydrogen-bond acceptors (Lipinski definition) is 7. The van der Waals surface area contributed by atoms with Crippen LogP contribution in [0, 0.1) is 23.7 Å². The Bertz CT molecular complexity index is 1290. The SMILES string of the molecule is CC(C)(C)NC(=O)C1CCCCC1C(=O)OC(=O)C1CC=CCC1C1c2ccc(O)cc2Oc2cc(O)ccc21. The summed E-state index contributed by atoms with van der Waals surface area (Å²) >= 11 is 0. The molecule has 2 aliphatic carbocycles. The molecule has 2 aromatic rings. The molecule has 40 heavy (non-hydrogen) atoms. The fourth-order valence-corrected chi connectivity index (χ4v) is 6.40. The maximum atomic E-state index is 13.7. The number of carbonyl (C=O) groups is 3. The maximum absolute atomic E-state index is 13.7. The second kappa shape index (κ2) is 11.0. The number of benzene rings is 2. The van der Waals surface area contributed by atoms with Crippen LogP contribution in [-0.4, -0.2) is 33.6 Å². The van der Waals surface area contributed by atoms with E-state index in [4.69, 9.17) is 9.47 Å². The van der Waals surface area contributed by atoms with Crippen molar-refractivity contribution in [3.63, 3.8) is 0 Å². The van der Waals surface area contributed by atoms with Crippen molar-refractivity contribution in [2.24, 2.45) is 23.7 Å². The molecule has 212 valence electrons. The lowest BCUT2D eigenvalue weighted by Crippen LogP contribution is -2.48. The summed E-state index contributed by atoms with van der Waals surface area (Å²) in [5, 5.41) is 23.2. The standard InChI is InChI=1S/C32H37NO7/c1-32(2,3)33-29(36)21-9-5-7-11-23(21)31(38)40-30(37)22-10-6-4-8-20(22)28-24-14-12-18(34)16-26(24)39-27-17-19(35)13-15-25(27)28/h4,6,12-17,20-23,28,34-35H,5,7-11H2,1-3H3,(H,33,36). The molecule has 3 aliphatic rings. The topological polar surface area (TPSA) is 122 Å². The molecule has 0 radical (unpaired) electrons. The Kier molecular flexibility index (Phi) is 7.62. The predicted molar refractivity (Wildman–Crippen MR) is 148 cm³/mol. The normalized spacial score (nSPS) is 24.3. The van der Waals surface area contributed by atoms with Crippen molar-refractivity contribution in [3.8, 4) is 23.0 Å². The highest BCUT2D eigenvalue weighted by Gasteiger charge is 2.44. The van der Waals surface area contributed by atoms with Gasteiger partial charge in [0.15, 0.2) is 0 Å². The van der Waals surface area contributed by atoms with Gasteiger partial charge in [-0.25, -0.2) is 0 Å². The summed E-state index contributed by atoms with van der Waals surface area (Å²) in [6.07, 6.45) is 7.69. The Hall–Kier alpha value is -3.81. The number of aromatic hydroxyl groups is 2. The molecule has 0 spiro atoms. The molecule has 8 heteroatoms. The number of phenols is 2. The van der Waals surface area contributed by atoms with Crippen LogP contribution in [0.4, 0.5) is 0 Å². The third kappa shape index (κ3) is 5.71. The van der Waals surface area contributed by atoms with Gasteiger partial charge in [-0.05, 0) is 64.5 Å². The van der Waals surface area contributed by atoms with Gasteiger partial charge < -0.3 is 25.0 Å². The number of hydrogen-bond donors (Lipinski definition) is 3. The number of fused-ring (bicyclic) bond motifs is 2. The number of rotatable bonds is 4. The average Bonchev–Trinajstić information content (AvgIpc) is 2.90. The highest BCUT2D eigenvalue weighted by molar-refractivity contribution is 5.92. The quantitative estimate of drug-likeness (QED) is 0.255. The molecule has 1 fully saturated rings. The van der Waals surface area contributed by atoms with Crippen LogP contribution in [0.15, 0.2) is 48.6 Å². The molecule has 1 heterocycles. The van der Waals surface area contributed by atoms with Gasteiger partial charge in [-0.15, -0.1) is 0 Å². The lowest BCUT2D eigenvalue weighted by molar-refractivity contribution is -0.170. The summed E-state index contributed by atoms with van der Waals surface area (Å²) in [5.74, 6) is -2.74. The Morgan fingerprint density at radius 1 is 0.825 bits per heavy atom. The van der Waals surface area contributed by atoms with Crippen LogP contribution in [0.25, 0.3) is 0 Å². The molecule has 4 unspecified atom stereocenters. The third-order valence-corrected chi connectivity index (χ3v) is 8.20. The second-order valence-corrected chi connectivity index (χ2v) is 12.2. The van der Waals surface area contributed by atoms with E-state index in [0.717, 1.165) is 24.0 Å². The highest BCUT2D eigenvalue weighted by atomic mass is 16.6. The molecule has 0 saturated heterocycles. The van der Waals surface area contributed by atoms with Crippen LogP contribution in [0.1, 0.15) is 76.3 Å². The molecular formula is C32H37NO7. The van der Waals surface area contributed by atoms with Crippen LogP contribution in [0.2, 0.25) is 0 Å². The van der Waals surface area contributed by atoms with Gasteiger partial charge in [0.1, 0.15) is 23.0 Å². The summed E-state index contributed by atoms with van der Waals surface area (Å²) in [6.45, 7) is 5.70. The highest BCUT2D eigenvalue weighted by Crippen LogP contribution is 2.53. The summed E-state index contributed by atoms with van der Waals surface area (Å²) in [7, 11) is 0. The maximum Gasteiger partial charge on any atom is 0.317 e. The van der Waals surface area contributed by atoms with Gasteiger partial charge >= 0.3 is 11.9 Å². The number of phenolic OH excluding ortho intramolecular Hbond substituents is 2. The lowest BCUT2D eigenvalue weighted by atomic mass is 9.69. The fourth-order valence-electron chi connectivity index (χ4n) is 6.40. The van der Waals surface area contributed by atoms with E-state index in [2.05, 4.69) is 5.32 Å². The van der Waals surface area contributed by atoms with Crippen molar-refractivity contribution < 1.29 is 34.1 Å². The minimum Gasteiger partial charge on any atom is -0.508 e. The Labute approximate surface area is 234 Å². The zero-order valence-corrected chi connectivity index (χ0v) is 23.2. The van der Waals surface area contributed by atoms with Gasteiger partial charge in [0.25, 0.3) is 0 Å². The van der Waals surface area contributed by atoms with Gasteiger partial charge in [0.05, 0.1) is 17.8 Å². The van der Waals surface area contributed by atoms with Gasteiger partial charge in [0, 0.05) is 34.7 Å². The number of allylic oxidation sites excluding steroid dienone is 2. The Morgan fingerprint density at radius 2 is 1.38 bits per heavy atom. The van der Waals surface area contributed by atoms with Gasteiger partial charge in [0.2, 0.25) is 5.91 Å². The minimum absolute atomic E-state index is 0.0451. The van der Waals surface area contributed by atoms with E-state index >= 15 is 0 Å². The van der Waals surface area contributed by atoms with Crippen LogP contribution in [0.3, 0.4) is 0 Å². The Balaban J connectivity index is 1.40. The summed E-state index contributed by atoms with van der Waals surface area (Å²) in [5.41, 5.74) is 1.20. The van der Waals surface area contributed by atoms with Crippen molar-refractivity contribution in [3.05, 3.63) is 59.7 Å². The average molecular weight is 548 g/mol. The fraction of sp³-hybridized carbons (Fsp3) is 0.469. The van der Waals surface area contributed by atoms with E-state index in [9.17, 15) is 24.6 Å². The first-order valence-electron chi connectivity index (χ1n) is 14.1. The number of nitrogens with one attached hydrogen (secondary N) is 1. The summed E-state index contributed by atoms with van der Waals surface area (Å²) < 4.78 is 11.6. The smallest absolute Gasteiger partial charge is 0.317 e. The minimum atomic E-state index is -0.659. The molecule has 1 aliphatic heterocycles. The third-order valence-electron chi connectivity index (χ3n) is 8.20. The van der Waals surface area contributed by atoms with Crippen LogP contribution < -0.4 is 10.1 Å². The second-order valence-electron chi connectivity index (χ2n) is 12.2. The molecule has 0 aromatic heterocycles. The zero-order chi connectivity index (χ0) is 28.6. The summed E-state index contributed by atoms with van der Waals surface area (Å²) in [6, 6.07) is 9.80. The zero-order valence-electron chi connectivity index (χ0n) is 23.2. The van der Waals surface area contributed by atoms with Crippen molar-refractivity contribution in [2.75, 3.05) is 0 Å². The number of esters is 2. The van der Waals surface area contributed by atoms with Crippen molar-refractivity contribution in [1.29, 1.82) is 0 Å². The molecule has 5 rings (SSSR count). The van der Waals surface area contributed by atoms with E-state index in [1.165, 1.54) is 12.1 Å². The molecular weight excluding hydrogens is 510 g/mol. The van der Waals surface area contributed by atoms with Gasteiger partial charge in [-0.3, -0.25) is 14.4 Å². The van der Waals surface area contributed by atoms with Crippen molar-refractivity contribution in [1.82, 2.24) is 5.32 Å². The Morgan fingerprint density at radius 3 is 1.98 bits per heavy atom. The van der Waals surface area contributed by atoms with E-state index in [1.807, 2.05) is 32.9 Å². The van der Waals surface area contributed by atoms with Crippen molar-refractivity contribution >= 4 is 17.8 Å². The predicted octanol–water partition coefficient (Wildman–Crippen LogP) is 5.71. The van der Waals surface area contributed by atoms with Crippen molar-refractivity contribution in [2.45, 2.75) is 70.8 Å². The van der Waals surface area contributed by atoms with Crippen LogP contribution >= 0.6 is 0 Å². The largest absolute Gasteiger partial charge is 0.508 e. The molecule has 3 N–H and O–H groups in total. The molecule has 1 saturated carbocycles. The van der Waals surface area contributed by atoms with Crippen LogP contribution in [0.5, 0.6) is 23.0 Å². The molecule has 4 atom stereocenters. The molecule has 8 nitrogen and oxygen atoms in total. The number of ether oxygens (including phenoxy) is 2. The first-order chi connectivity index (χ1) is 19.0. The monoisotopic (exact) mass is 547 g/mol.